The van der Waals surface area contributed by atoms with Crippen molar-refractivity contribution in [2.75, 3.05) is 30.5 Å². The molecule has 0 atom stereocenters. The third-order valence-corrected chi connectivity index (χ3v) is 2.92. The summed E-state index contributed by atoms with van der Waals surface area (Å²) in [6.45, 7) is 12.5. The summed E-state index contributed by atoms with van der Waals surface area (Å²) in [4.78, 5) is 9.08. The van der Waals surface area contributed by atoms with Gasteiger partial charge in [-0.05, 0) is 20.3 Å². The lowest BCUT2D eigenvalue weighted by Gasteiger charge is -2.20. The largest absolute Gasteiger partial charge is 0.382 e. The maximum Gasteiger partial charge on any atom is 0.148 e. The molecule has 6 heteroatoms. The predicted octanol–water partition coefficient (Wildman–Crippen LogP) is 2.21. The molecule has 0 radical (unpaired) electrons. The molecule has 1 aromatic heterocycles. The lowest BCUT2D eigenvalue weighted by molar-refractivity contribution is 0.147. The molecule has 0 aromatic carbocycles. The number of hydrazine groups is 1. The third-order valence-electron chi connectivity index (χ3n) is 2.92. The van der Waals surface area contributed by atoms with Crippen LogP contribution >= 0.6 is 0 Å². The van der Waals surface area contributed by atoms with Crippen LogP contribution in [0.2, 0.25) is 0 Å². The van der Waals surface area contributed by atoms with E-state index in [1.54, 1.807) is 0 Å². The highest BCUT2D eigenvalue weighted by Crippen LogP contribution is 2.25. The molecule has 114 valence electrons. The average molecular weight is 281 g/mol. The van der Waals surface area contributed by atoms with E-state index in [0.717, 1.165) is 43.4 Å². The molecule has 20 heavy (non-hydrogen) atoms. The molecule has 0 aliphatic heterocycles. The van der Waals surface area contributed by atoms with Crippen molar-refractivity contribution in [3.05, 3.63) is 11.4 Å². The van der Waals surface area contributed by atoms with E-state index in [1.807, 2.05) is 13.8 Å². The molecule has 0 bridgehead atoms. The van der Waals surface area contributed by atoms with Crippen molar-refractivity contribution in [3.63, 3.8) is 0 Å². The van der Waals surface area contributed by atoms with Crippen LogP contribution in [0.3, 0.4) is 0 Å². The summed E-state index contributed by atoms with van der Waals surface area (Å²) in [7, 11) is 0. The number of ether oxygens (including phenoxy) is 1. The predicted molar refractivity (Wildman–Crippen MR) is 82.9 cm³/mol. The van der Waals surface area contributed by atoms with Crippen molar-refractivity contribution < 1.29 is 4.74 Å². The van der Waals surface area contributed by atoms with Gasteiger partial charge < -0.3 is 15.5 Å². The van der Waals surface area contributed by atoms with Gasteiger partial charge in [0.15, 0.2) is 0 Å². The lowest BCUT2D eigenvalue weighted by Crippen LogP contribution is -2.21. The number of aromatic nitrogens is 2. The Morgan fingerprint density at radius 1 is 1.20 bits per heavy atom. The zero-order valence-electron chi connectivity index (χ0n) is 13.2. The van der Waals surface area contributed by atoms with E-state index in [-0.39, 0.29) is 5.41 Å². The fourth-order valence-electron chi connectivity index (χ4n) is 1.69. The molecule has 1 rings (SSSR count). The summed E-state index contributed by atoms with van der Waals surface area (Å²) in [5, 5.41) is 3.33. The second kappa shape index (κ2) is 7.40. The standard InChI is InChI=1S/C14H27N5O/c1-6-20-9-7-8-16-11-10(2)12(19-15)18-13(17-11)14(3,4)5/h6-9,15H2,1-5H3,(H2,16,17,18,19). The highest BCUT2D eigenvalue weighted by Gasteiger charge is 2.20. The zero-order valence-corrected chi connectivity index (χ0v) is 13.2. The van der Waals surface area contributed by atoms with Crippen LogP contribution in [0.1, 0.15) is 45.5 Å². The van der Waals surface area contributed by atoms with E-state index < -0.39 is 0 Å². The summed E-state index contributed by atoms with van der Waals surface area (Å²) in [6.07, 6.45) is 0.938. The Hall–Kier alpha value is -1.40. The van der Waals surface area contributed by atoms with Crippen molar-refractivity contribution in [1.82, 2.24) is 9.97 Å². The van der Waals surface area contributed by atoms with E-state index in [0.29, 0.717) is 5.82 Å². The molecule has 0 amide bonds. The Bertz CT molecular complexity index is 428. The zero-order chi connectivity index (χ0) is 15.2. The molecule has 0 aliphatic carbocycles. The second-order valence-electron chi connectivity index (χ2n) is 5.74. The van der Waals surface area contributed by atoms with Crippen LogP contribution in [0, 0.1) is 6.92 Å². The molecule has 0 saturated carbocycles. The third kappa shape index (κ3) is 4.61. The topological polar surface area (TPSA) is 85.1 Å². The first-order valence-electron chi connectivity index (χ1n) is 7.07. The molecule has 0 saturated heterocycles. The van der Waals surface area contributed by atoms with E-state index in [4.69, 9.17) is 10.6 Å². The van der Waals surface area contributed by atoms with Crippen molar-refractivity contribution in [3.8, 4) is 0 Å². The van der Waals surface area contributed by atoms with Crippen molar-refractivity contribution in [2.24, 2.45) is 5.84 Å². The number of hydrogen-bond donors (Lipinski definition) is 3. The smallest absolute Gasteiger partial charge is 0.148 e. The number of nitrogens with two attached hydrogens (primary N) is 1. The average Bonchev–Trinajstić information content (AvgIpc) is 2.39. The molecule has 4 N–H and O–H groups in total. The van der Waals surface area contributed by atoms with Crippen LogP contribution in [-0.4, -0.2) is 29.7 Å². The van der Waals surface area contributed by atoms with Crippen LogP contribution in [-0.2, 0) is 10.2 Å². The van der Waals surface area contributed by atoms with E-state index in [9.17, 15) is 0 Å². The minimum absolute atomic E-state index is 0.124. The van der Waals surface area contributed by atoms with Gasteiger partial charge in [0.1, 0.15) is 17.5 Å². The maximum absolute atomic E-state index is 5.54. The molecular formula is C14H27N5O. The maximum atomic E-state index is 5.54. The Morgan fingerprint density at radius 2 is 1.85 bits per heavy atom. The first-order chi connectivity index (χ1) is 9.40. The van der Waals surface area contributed by atoms with Gasteiger partial charge in [-0.25, -0.2) is 15.8 Å². The number of nitrogens with zero attached hydrogens (tertiary/aromatic N) is 2. The first-order valence-corrected chi connectivity index (χ1v) is 7.07. The summed E-state index contributed by atoms with van der Waals surface area (Å²) in [5.74, 6) is 7.80. The minimum Gasteiger partial charge on any atom is -0.382 e. The normalized spacial score (nSPS) is 11.5. The van der Waals surface area contributed by atoms with Crippen LogP contribution in [0.4, 0.5) is 11.6 Å². The summed E-state index contributed by atoms with van der Waals surface area (Å²) < 4.78 is 5.32. The van der Waals surface area contributed by atoms with Gasteiger partial charge in [0.2, 0.25) is 0 Å². The van der Waals surface area contributed by atoms with Crippen molar-refractivity contribution in [2.45, 2.75) is 46.5 Å². The van der Waals surface area contributed by atoms with Gasteiger partial charge in [-0.3, -0.25) is 0 Å². The Morgan fingerprint density at radius 3 is 2.40 bits per heavy atom. The van der Waals surface area contributed by atoms with Crippen LogP contribution in [0.5, 0.6) is 0 Å². The number of nitrogen functional groups attached to an aromatic ring is 1. The van der Waals surface area contributed by atoms with Crippen molar-refractivity contribution >= 4 is 11.6 Å². The molecule has 6 nitrogen and oxygen atoms in total. The van der Waals surface area contributed by atoms with Gasteiger partial charge in [0.25, 0.3) is 0 Å². The SMILES string of the molecule is CCOCCCNc1nc(C(C)(C)C)nc(NN)c1C. The molecule has 0 aliphatic rings. The van der Waals surface area contributed by atoms with Gasteiger partial charge in [-0.2, -0.15) is 0 Å². The van der Waals surface area contributed by atoms with Gasteiger partial charge in [0, 0.05) is 30.7 Å². The van der Waals surface area contributed by atoms with Gasteiger partial charge in [-0.1, -0.05) is 20.8 Å². The van der Waals surface area contributed by atoms with Crippen LogP contribution < -0.4 is 16.6 Å². The van der Waals surface area contributed by atoms with Gasteiger partial charge in [0.05, 0.1) is 0 Å². The van der Waals surface area contributed by atoms with E-state index in [1.165, 1.54) is 0 Å². The minimum atomic E-state index is -0.124. The Kier molecular flexibility index (Phi) is 6.16. The fraction of sp³-hybridized carbons (Fsp3) is 0.714. The summed E-state index contributed by atoms with van der Waals surface area (Å²) in [5.41, 5.74) is 3.45. The van der Waals surface area contributed by atoms with E-state index in [2.05, 4.69) is 41.5 Å². The first kappa shape index (κ1) is 16.7. The molecule has 1 aromatic rings. The summed E-state index contributed by atoms with van der Waals surface area (Å²) >= 11 is 0. The van der Waals surface area contributed by atoms with Crippen LogP contribution in [0.25, 0.3) is 0 Å². The number of anilines is 2. The highest BCUT2D eigenvalue weighted by molar-refractivity contribution is 5.57. The van der Waals surface area contributed by atoms with E-state index >= 15 is 0 Å². The van der Waals surface area contributed by atoms with Gasteiger partial charge >= 0.3 is 0 Å². The molecule has 1 heterocycles. The number of nitrogens with one attached hydrogen (secondary N) is 2. The van der Waals surface area contributed by atoms with Gasteiger partial charge in [-0.15, -0.1) is 0 Å². The van der Waals surface area contributed by atoms with Crippen molar-refractivity contribution in [1.29, 1.82) is 0 Å². The fourth-order valence-corrected chi connectivity index (χ4v) is 1.69. The monoisotopic (exact) mass is 281 g/mol. The lowest BCUT2D eigenvalue weighted by atomic mass is 9.95. The molecular weight excluding hydrogens is 254 g/mol. The number of hydrogen-bond acceptors (Lipinski definition) is 6. The molecule has 0 spiro atoms. The second-order valence-corrected chi connectivity index (χ2v) is 5.74. The Balaban J connectivity index is 2.83. The highest BCUT2D eigenvalue weighted by atomic mass is 16.5. The quantitative estimate of drug-likeness (QED) is 0.403. The van der Waals surface area contributed by atoms with Crippen LogP contribution in [0.15, 0.2) is 0 Å². The summed E-state index contributed by atoms with van der Waals surface area (Å²) in [6, 6.07) is 0. The number of rotatable bonds is 7. The Labute approximate surface area is 121 Å². The molecule has 0 fully saturated rings. The molecule has 0 unspecified atom stereocenters.